The largest absolute Gasteiger partial charge is 0.324 e. The van der Waals surface area contributed by atoms with E-state index in [4.69, 9.17) is 17.3 Å². The number of rotatable bonds is 4. The molecule has 1 unspecified atom stereocenters. The van der Waals surface area contributed by atoms with Crippen molar-refractivity contribution in [2.75, 3.05) is 0 Å². The molecule has 106 valence electrons. The lowest BCUT2D eigenvalue weighted by Gasteiger charge is -2.13. The van der Waals surface area contributed by atoms with Crippen LogP contribution in [0.5, 0.6) is 0 Å². The van der Waals surface area contributed by atoms with Crippen molar-refractivity contribution in [3.63, 3.8) is 0 Å². The van der Waals surface area contributed by atoms with Gasteiger partial charge in [-0.15, -0.1) is 0 Å². The number of benzene rings is 2. The highest BCUT2D eigenvalue weighted by Crippen LogP contribution is 2.31. The average Bonchev–Trinajstić information content (AvgIpc) is 2.46. The lowest BCUT2D eigenvalue weighted by Crippen LogP contribution is -2.05. The summed E-state index contributed by atoms with van der Waals surface area (Å²) in [7, 11) is 0. The zero-order valence-electron chi connectivity index (χ0n) is 12.4. The van der Waals surface area contributed by atoms with E-state index in [1.54, 1.807) is 0 Å². The molecule has 0 fully saturated rings. The van der Waals surface area contributed by atoms with Gasteiger partial charge in [0, 0.05) is 11.1 Å². The lowest BCUT2D eigenvalue weighted by molar-refractivity contribution is 0.819. The molecule has 0 spiro atoms. The summed E-state index contributed by atoms with van der Waals surface area (Å²) in [6.45, 7) is 6.31. The van der Waals surface area contributed by atoms with Crippen LogP contribution in [0, 0.1) is 0 Å². The van der Waals surface area contributed by atoms with Gasteiger partial charge >= 0.3 is 0 Å². The van der Waals surface area contributed by atoms with Crippen molar-refractivity contribution in [2.45, 2.75) is 39.7 Å². The average molecular weight is 288 g/mol. The number of hydrogen-bond donors (Lipinski definition) is 1. The van der Waals surface area contributed by atoms with Crippen molar-refractivity contribution in [3.05, 3.63) is 58.1 Å². The molecule has 2 aromatic carbocycles. The van der Waals surface area contributed by atoms with Crippen molar-refractivity contribution in [2.24, 2.45) is 5.73 Å². The van der Waals surface area contributed by atoms with Crippen molar-refractivity contribution < 1.29 is 0 Å². The molecular weight excluding hydrogens is 266 g/mol. The Morgan fingerprint density at radius 3 is 2.35 bits per heavy atom. The molecular formula is C18H22ClN. The predicted octanol–water partition coefficient (Wildman–Crippen LogP) is 5.15. The molecule has 2 heteroatoms. The molecule has 0 aliphatic heterocycles. The second-order valence-corrected chi connectivity index (χ2v) is 5.63. The van der Waals surface area contributed by atoms with E-state index < -0.39 is 0 Å². The third-order valence-corrected chi connectivity index (χ3v) is 4.09. The van der Waals surface area contributed by atoms with E-state index in [1.165, 1.54) is 22.3 Å². The summed E-state index contributed by atoms with van der Waals surface area (Å²) in [5.41, 5.74) is 12.1. The molecule has 0 amide bonds. The molecule has 1 atom stereocenters. The molecule has 0 heterocycles. The van der Waals surface area contributed by atoms with Gasteiger partial charge in [0.05, 0.1) is 0 Å². The monoisotopic (exact) mass is 287 g/mol. The zero-order chi connectivity index (χ0) is 14.7. The Morgan fingerprint density at radius 2 is 1.80 bits per heavy atom. The van der Waals surface area contributed by atoms with Crippen LogP contribution in [-0.2, 0) is 12.8 Å². The van der Waals surface area contributed by atoms with E-state index in [2.05, 4.69) is 38.1 Å². The molecule has 0 aromatic heterocycles. The molecule has 0 aliphatic rings. The summed E-state index contributed by atoms with van der Waals surface area (Å²) < 4.78 is 0. The van der Waals surface area contributed by atoms with Gasteiger partial charge in [-0.25, -0.2) is 0 Å². The maximum atomic E-state index is 6.36. The molecule has 0 saturated heterocycles. The molecule has 2 aromatic rings. The molecule has 20 heavy (non-hydrogen) atoms. The summed E-state index contributed by atoms with van der Waals surface area (Å²) in [5, 5.41) is 0.751. The molecule has 0 aliphatic carbocycles. The smallest absolute Gasteiger partial charge is 0.0459 e. The Morgan fingerprint density at radius 1 is 1.05 bits per heavy atom. The van der Waals surface area contributed by atoms with Gasteiger partial charge in [0.25, 0.3) is 0 Å². The first kappa shape index (κ1) is 15.1. The number of nitrogens with two attached hydrogens (primary N) is 1. The predicted molar refractivity (Wildman–Crippen MR) is 88.2 cm³/mol. The first-order valence-corrected chi connectivity index (χ1v) is 7.61. The van der Waals surface area contributed by atoms with E-state index in [0.29, 0.717) is 0 Å². The molecule has 1 nitrogen and oxygen atoms in total. The molecule has 0 saturated carbocycles. The van der Waals surface area contributed by atoms with E-state index in [1.807, 2.05) is 19.1 Å². The van der Waals surface area contributed by atoms with Gasteiger partial charge in [-0.05, 0) is 53.6 Å². The first-order chi connectivity index (χ1) is 9.56. The van der Waals surface area contributed by atoms with Crippen LogP contribution in [0.4, 0.5) is 0 Å². The minimum atomic E-state index is -0.0378. The Kier molecular flexibility index (Phi) is 4.85. The Balaban J connectivity index is 2.53. The van der Waals surface area contributed by atoms with Gasteiger partial charge < -0.3 is 5.73 Å². The minimum Gasteiger partial charge on any atom is -0.324 e. The van der Waals surface area contributed by atoms with Crippen LogP contribution in [0.1, 0.15) is 43.5 Å². The SMILES string of the molecule is CCc1ccc(CC)c(-c2ccc(C(C)N)c(Cl)c2)c1. The normalized spacial score (nSPS) is 12.4. The van der Waals surface area contributed by atoms with Crippen LogP contribution < -0.4 is 5.73 Å². The summed E-state index contributed by atoms with van der Waals surface area (Å²) in [6.07, 6.45) is 2.06. The summed E-state index contributed by atoms with van der Waals surface area (Å²) in [4.78, 5) is 0. The van der Waals surface area contributed by atoms with Crippen molar-refractivity contribution in [1.82, 2.24) is 0 Å². The lowest BCUT2D eigenvalue weighted by atomic mass is 9.94. The summed E-state index contributed by atoms with van der Waals surface area (Å²) >= 11 is 6.36. The second kappa shape index (κ2) is 6.43. The maximum absolute atomic E-state index is 6.36. The molecule has 0 bridgehead atoms. The summed E-state index contributed by atoms with van der Waals surface area (Å²) in [6, 6.07) is 12.9. The van der Waals surface area contributed by atoms with Crippen molar-refractivity contribution >= 4 is 11.6 Å². The van der Waals surface area contributed by atoms with Crippen LogP contribution in [0.15, 0.2) is 36.4 Å². The Labute approximate surface area is 126 Å². The highest BCUT2D eigenvalue weighted by atomic mass is 35.5. The van der Waals surface area contributed by atoms with Crippen LogP contribution in [0.3, 0.4) is 0 Å². The quantitative estimate of drug-likeness (QED) is 0.827. The van der Waals surface area contributed by atoms with E-state index in [-0.39, 0.29) is 6.04 Å². The fourth-order valence-electron chi connectivity index (χ4n) is 2.48. The van der Waals surface area contributed by atoms with Crippen molar-refractivity contribution in [1.29, 1.82) is 0 Å². The molecule has 0 radical (unpaired) electrons. The Bertz CT molecular complexity index is 602. The third-order valence-electron chi connectivity index (χ3n) is 3.77. The first-order valence-electron chi connectivity index (χ1n) is 7.24. The zero-order valence-corrected chi connectivity index (χ0v) is 13.2. The second-order valence-electron chi connectivity index (χ2n) is 5.22. The van der Waals surface area contributed by atoms with Gasteiger partial charge in [0.2, 0.25) is 0 Å². The topological polar surface area (TPSA) is 26.0 Å². The van der Waals surface area contributed by atoms with Crippen molar-refractivity contribution in [3.8, 4) is 11.1 Å². The van der Waals surface area contributed by atoms with E-state index >= 15 is 0 Å². The van der Waals surface area contributed by atoms with Crippen LogP contribution in [0.25, 0.3) is 11.1 Å². The highest BCUT2D eigenvalue weighted by Gasteiger charge is 2.10. The van der Waals surface area contributed by atoms with Gasteiger partial charge in [-0.2, -0.15) is 0 Å². The van der Waals surface area contributed by atoms with Gasteiger partial charge in [-0.3, -0.25) is 0 Å². The number of hydrogen-bond acceptors (Lipinski definition) is 1. The molecule has 2 rings (SSSR count). The standard InChI is InChI=1S/C18H22ClN/c1-4-13-6-7-14(5-2)17(10-13)15-8-9-16(12(3)20)18(19)11-15/h6-12H,4-5,20H2,1-3H3. The van der Waals surface area contributed by atoms with Crippen LogP contribution >= 0.6 is 11.6 Å². The van der Waals surface area contributed by atoms with Crippen LogP contribution in [-0.4, -0.2) is 0 Å². The van der Waals surface area contributed by atoms with E-state index in [9.17, 15) is 0 Å². The third kappa shape index (κ3) is 3.05. The minimum absolute atomic E-state index is 0.0378. The molecule has 2 N–H and O–H groups in total. The number of aryl methyl sites for hydroxylation is 2. The fraction of sp³-hybridized carbons (Fsp3) is 0.333. The summed E-state index contributed by atoms with van der Waals surface area (Å²) in [5.74, 6) is 0. The maximum Gasteiger partial charge on any atom is 0.0459 e. The van der Waals surface area contributed by atoms with Gasteiger partial charge in [0.1, 0.15) is 0 Å². The number of halogens is 1. The van der Waals surface area contributed by atoms with E-state index in [0.717, 1.165) is 23.4 Å². The highest BCUT2D eigenvalue weighted by molar-refractivity contribution is 6.31. The van der Waals surface area contributed by atoms with Gasteiger partial charge in [-0.1, -0.05) is 55.8 Å². The fourth-order valence-corrected chi connectivity index (χ4v) is 2.84. The van der Waals surface area contributed by atoms with Crippen LogP contribution in [0.2, 0.25) is 5.02 Å². The van der Waals surface area contributed by atoms with Gasteiger partial charge in [0.15, 0.2) is 0 Å². The Hall–Kier alpha value is -1.31.